The van der Waals surface area contributed by atoms with Crippen LogP contribution < -0.4 is 0 Å². The highest BCUT2D eigenvalue weighted by Gasteiger charge is 2.55. The Balaban J connectivity index is 1.43. The predicted molar refractivity (Wildman–Crippen MR) is 92.5 cm³/mol. The summed E-state index contributed by atoms with van der Waals surface area (Å²) in [4.78, 5) is 7.82. The van der Waals surface area contributed by atoms with Crippen molar-refractivity contribution in [1.29, 1.82) is 0 Å². The molecule has 0 unspecified atom stereocenters. The highest BCUT2D eigenvalue weighted by molar-refractivity contribution is 5.16. The maximum atomic E-state index is 10.2. The van der Waals surface area contributed by atoms with Crippen LogP contribution in [0.25, 0.3) is 0 Å². The molecule has 0 radical (unpaired) electrons. The van der Waals surface area contributed by atoms with Crippen molar-refractivity contribution in [1.82, 2.24) is 14.7 Å². The van der Waals surface area contributed by atoms with Gasteiger partial charge in [0.2, 0.25) is 0 Å². The van der Waals surface area contributed by atoms with Crippen LogP contribution in [-0.2, 0) is 6.42 Å². The van der Waals surface area contributed by atoms with Crippen LogP contribution in [0.4, 0.5) is 0 Å². The van der Waals surface area contributed by atoms with Crippen molar-refractivity contribution < 1.29 is 5.11 Å². The number of hydrogen-bond donors (Lipinski definition) is 1. The molecular weight excluding hydrogens is 286 g/mol. The van der Waals surface area contributed by atoms with E-state index in [9.17, 15) is 5.11 Å². The van der Waals surface area contributed by atoms with Crippen LogP contribution in [0.15, 0.2) is 30.3 Å². The SMILES string of the molecule is CCN1CC2(CN(CCc3ccccc3)C[C@H]3C[C@@H](O)CN32)C1. The molecule has 4 nitrogen and oxygen atoms in total. The maximum absolute atomic E-state index is 10.2. The van der Waals surface area contributed by atoms with E-state index in [4.69, 9.17) is 0 Å². The highest BCUT2D eigenvalue weighted by atomic mass is 16.3. The largest absolute Gasteiger partial charge is 0.392 e. The molecular formula is C19H29N3O. The molecule has 1 aromatic rings. The third-order valence-corrected chi connectivity index (χ3v) is 6.03. The number of likely N-dealkylation sites (N-methyl/N-ethyl adjacent to an activating group) is 1. The first-order valence-electron chi connectivity index (χ1n) is 9.12. The van der Waals surface area contributed by atoms with Gasteiger partial charge in [-0.25, -0.2) is 0 Å². The Bertz CT molecular complexity index is 529. The van der Waals surface area contributed by atoms with Gasteiger partial charge in [0.15, 0.2) is 0 Å². The van der Waals surface area contributed by atoms with E-state index in [1.807, 2.05) is 0 Å². The summed E-state index contributed by atoms with van der Waals surface area (Å²) >= 11 is 0. The second-order valence-corrected chi connectivity index (χ2v) is 7.69. The van der Waals surface area contributed by atoms with Gasteiger partial charge in [0.1, 0.15) is 0 Å². The number of hydrogen-bond acceptors (Lipinski definition) is 4. The van der Waals surface area contributed by atoms with Gasteiger partial charge in [0.25, 0.3) is 0 Å². The van der Waals surface area contributed by atoms with Crippen LogP contribution in [0.5, 0.6) is 0 Å². The van der Waals surface area contributed by atoms with Crippen molar-refractivity contribution in [2.75, 3.05) is 45.8 Å². The fourth-order valence-electron chi connectivity index (χ4n) is 4.91. The number of β-amino-alcohol motifs (C(OH)–C–C–N with tert-alkyl or cyclic N) is 1. The lowest BCUT2D eigenvalue weighted by Gasteiger charge is -2.61. The average molecular weight is 315 g/mol. The molecule has 0 saturated carbocycles. The van der Waals surface area contributed by atoms with E-state index < -0.39 is 0 Å². The van der Waals surface area contributed by atoms with Crippen LogP contribution in [0.3, 0.4) is 0 Å². The Kier molecular flexibility index (Phi) is 4.18. The van der Waals surface area contributed by atoms with E-state index >= 15 is 0 Å². The molecule has 23 heavy (non-hydrogen) atoms. The molecule has 0 aromatic heterocycles. The average Bonchev–Trinajstić information content (AvgIpc) is 2.91. The standard InChI is InChI=1S/C19H29N3O/c1-2-20-13-19(14-20)15-21(9-8-16-6-4-3-5-7-16)11-17-10-18(23)12-22(17)19/h3-7,17-18,23H,2,8-15H2,1H3/t17-,18-/m1/s1. The van der Waals surface area contributed by atoms with Gasteiger partial charge in [0, 0.05) is 45.3 Å². The minimum Gasteiger partial charge on any atom is -0.392 e. The second kappa shape index (κ2) is 6.17. The topological polar surface area (TPSA) is 30.0 Å². The van der Waals surface area contributed by atoms with Gasteiger partial charge in [-0.05, 0) is 24.9 Å². The minimum atomic E-state index is -0.123. The van der Waals surface area contributed by atoms with Gasteiger partial charge in [-0.15, -0.1) is 0 Å². The van der Waals surface area contributed by atoms with E-state index in [0.29, 0.717) is 11.6 Å². The summed E-state index contributed by atoms with van der Waals surface area (Å²) in [5.74, 6) is 0. The van der Waals surface area contributed by atoms with Gasteiger partial charge >= 0.3 is 0 Å². The van der Waals surface area contributed by atoms with Crippen molar-refractivity contribution in [2.45, 2.75) is 37.5 Å². The fourth-order valence-corrected chi connectivity index (χ4v) is 4.91. The molecule has 2 atom stereocenters. The molecule has 4 heteroatoms. The smallest absolute Gasteiger partial charge is 0.0682 e. The Hall–Kier alpha value is -0.940. The molecule has 1 aromatic carbocycles. The van der Waals surface area contributed by atoms with Crippen molar-refractivity contribution in [2.24, 2.45) is 0 Å². The van der Waals surface area contributed by atoms with Crippen molar-refractivity contribution in [3.8, 4) is 0 Å². The lowest BCUT2D eigenvalue weighted by atomic mass is 9.83. The normalized spacial score (nSPS) is 31.2. The molecule has 3 aliphatic heterocycles. The molecule has 3 saturated heterocycles. The lowest BCUT2D eigenvalue weighted by molar-refractivity contribution is -0.111. The first kappa shape index (κ1) is 15.6. The summed E-state index contributed by atoms with van der Waals surface area (Å²) in [5, 5.41) is 10.2. The zero-order chi connectivity index (χ0) is 15.9. The fraction of sp³-hybridized carbons (Fsp3) is 0.684. The predicted octanol–water partition coefficient (Wildman–Crippen LogP) is 1.05. The van der Waals surface area contributed by atoms with E-state index in [1.165, 1.54) is 25.2 Å². The molecule has 3 heterocycles. The number of fused-ring (bicyclic) bond motifs is 2. The lowest BCUT2D eigenvalue weighted by Crippen LogP contribution is -2.78. The van der Waals surface area contributed by atoms with E-state index in [-0.39, 0.29) is 6.10 Å². The molecule has 1 N–H and O–H groups in total. The monoisotopic (exact) mass is 315 g/mol. The van der Waals surface area contributed by atoms with Crippen LogP contribution in [0, 0.1) is 0 Å². The van der Waals surface area contributed by atoms with Crippen LogP contribution in [-0.4, -0.2) is 83.3 Å². The van der Waals surface area contributed by atoms with Crippen molar-refractivity contribution in [3.63, 3.8) is 0 Å². The minimum absolute atomic E-state index is 0.123. The number of benzene rings is 1. The van der Waals surface area contributed by atoms with Crippen molar-refractivity contribution >= 4 is 0 Å². The zero-order valence-electron chi connectivity index (χ0n) is 14.2. The molecule has 3 aliphatic rings. The summed E-state index contributed by atoms with van der Waals surface area (Å²) in [7, 11) is 0. The first-order valence-corrected chi connectivity index (χ1v) is 9.12. The number of nitrogens with zero attached hydrogens (tertiary/aromatic N) is 3. The Morgan fingerprint density at radius 3 is 2.57 bits per heavy atom. The van der Waals surface area contributed by atoms with E-state index in [1.54, 1.807) is 0 Å². The number of piperazine rings is 1. The second-order valence-electron chi connectivity index (χ2n) is 7.69. The molecule has 4 rings (SSSR count). The van der Waals surface area contributed by atoms with Crippen LogP contribution in [0.1, 0.15) is 18.9 Å². The van der Waals surface area contributed by atoms with Gasteiger partial charge in [-0.2, -0.15) is 0 Å². The van der Waals surface area contributed by atoms with Crippen LogP contribution >= 0.6 is 0 Å². The quantitative estimate of drug-likeness (QED) is 0.900. The Labute approximate surface area is 139 Å². The molecule has 1 spiro atoms. The van der Waals surface area contributed by atoms with Gasteiger partial charge in [-0.1, -0.05) is 37.3 Å². The van der Waals surface area contributed by atoms with Crippen LogP contribution in [0.2, 0.25) is 0 Å². The third kappa shape index (κ3) is 2.93. The molecule has 0 bridgehead atoms. The highest BCUT2D eigenvalue weighted by Crippen LogP contribution is 2.38. The molecule has 126 valence electrons. The number of aliphatic hydroxyl groups is 1. The van der Waals surface area contributed by atoms with E-state index in [0.717, 1.165) is 39.0 Å². The van der Waals surface area contributed by atoms with Gasteiger partial charge in [0.05, 0.1) is 11.6 Å². The number of likely N-dealkylation sites (tertiary alicyclic amines) is 1. The summed E-state index contributed by atoms with van der Waals surface area (Å²) in [6.07, 6.45) is 1.96. The molecule has 0 amide bonds. The number of rotatable bonds is 4. The van der Waals surface area contributed by atoms with Crippen molar-refractivity contribution in [3.05, 3.63) is 35.9 Å². The summed E-state index contributed by atoms with van der Waals surface area (Å²) in [6.45, 7) is 10.1. The number of aliphatic hydroxyl groups excluding tert-OH is 1. The van der Waals surface area contributed by atoms with Gasteiger partial charge < -0.3 is 5.11 Å². The first-order chi connectivity index (χ1) is 11.2. The summed E-state index contributed by atoms with van der Waals surface area (Å²) in [6, 6.07) is 11.4. The molecule has 0 aliphatic carbocycles. The van der Waals surface area contributed by atoms with Gasteiger partial charge in [-0.3, -0.25) is 14.7 Å². The molecule has 3 fully saturated rings. The third-order valence-electron chi connectivity index (χ3n) is 6.03. The summed E-state index contributed by atoms with van der Waals surface area (Å²) in [5.41, 5.74) is 1.73. The summed E-state index contributed by atoms with van der Waals surface area (Å²) < 4.78 is 0. The Morgan fingerprint density at radius 1 is 1.09 bits per heavy atom. The maximum Gasteiger partial charge on any atom is 0.0682 e. The van der Waals surface area contributed by atoms with E-state index in [2.05, 4.69) is 52.0 Å². The Morgan fingerprint density at radius 2 is 1.83 bits per heavy atom. The zero-order valence-corrected chi connectivity index (χ0v) is 14.2.